The van der Waals surface area contributed by atoms with Crippen molar-refractivity contribution in [3.8, 4) is 11.5 Å². The molecule has 9 heteroatoms. The summed E-state index contributed by atoms with van der Waals surface area (Å²) in [6.07, 6.45) is 0.641. The summed E-state index contributed by atoms with van der Waals surface area (Å²) in [6.45, 7) is 1.98. The zero-order valence-electron chi connectivity index (χ0n) is 15.9. The lowest BCUT2D eigenvalue weighted by Crippen LogP contribution is -2.41. The lowest BCUT2D eigenvalue weighted by molar-refractivity contribution is -0.116. The third-order valence-corrected chi connectivity index (χ3v) is 5.11. The molecule has 148 valence electrons. The molecule has 0 spiro atoms. The van der Waals surface area contributed by atoms with Crippen LogP contribution in [0.5, 0.6) is 11.5 Å². The molecule has 0 fully saturated rings. The summed E-state index contributed by atoms with van der Waals surface area (Å²) in [5.74, 6) is 0.665. The van der Waals surface area contributed by atoms with Gasteiger partial charge in [0.25, 0.3) is 5.56 Å². The second kappa shape index (κ2) is 8.30. The van der Waals surface area contributed by atoms with Crippen LogP contribution < -0.4 is 26.0 Å². The van der Waals surface area contributed by atoms with Gasteiger partial charge in [-0.15, -0.1) is 11.3 Å². The first-order chi connectivity index (χ1) is 13.5. The predicted molar refractivity (Wildman–Crippen MR) is 109 cm³/mol. The summed E-state index contributed by atoms with van der Waals surface area (Å²) in [4.78, 5) is 37.9. The van der Waals surface area contributed by atoms with Crippen LogP contribution in [0.15, 0.2) is 39.2 Å². The van der Waals surface area contributed by atoms with E-state index in [1.807, 2.05) is 6.92 Å². The molecule has 28 heavy (non-hydrogen) atoms. The minimum atomic E-state index is -0.490. The van der Waals surface area contributed by atoms with E-state index in [2.05, 4.69) is 5.32 Å². The van der Waals surface area contributed by atoms with Gasteiger partial charge in [0.05, 0.1) is 19.7 Å². The van der Waals surface area contributed by atoms with Crippen molar-refractivity contribution in [2.45, 2.75) is 26.4 Å². The van der Waals surface area contributed by atoms with Gasteiger partial charge < -0.3 is 14.8 Å². The zero-order chi connectivity index (χ0) is 20.3. The van der Waals surface area contributed by atoms with Crippen molar-refractivity contribution in [1.82, 2.24) is 9.13 Å². The molecule has 8 nitrogen and oxygen atoms in total. The molecule has 2 aromatic heterocycles. The van der Waals surface area contributed by atoms with Gasteiger partial charge in [-0.2, -0.15) is 0 Å². The number of aromatic nitrogens is 2. The van der Waals surface area contributed by atoms with Gasteiger partial charge in [0, 0.05) is 30.4 Å². The van der Waals surface area contributed by atoms with Crippen LogP contribution in [0.1, 0.15) is 13.3 Å². The van der Waals surface area contributed by atoms with Gasteiger partial charge in [-0.3, -0.25) is 18.7 Å². The summed E-state index contributed by atoms with van der Waals surface area (Å²) in [5, 5.41) is 4.49. The van der Waals surface area contributed by atoms with E-state index < -0.39 is 11.6 Å². The normalized spacial score (nSPS) is 10.8. The fourth-order valence-corrected chi connectivity index (χ4v) is 3.77. The smallest absolute Gasteiger partial charge is 0.332 e. The molecule has 0 saturated heterocycles. The van der Waals surface area contributed by atoms with E-state index in [1.54, 1.807) is 29.6 Å². The van der Waals surface area contributed by atoms with Gasteiger partial charge in [-0.1, -0.05) is 6.92 Å². The number of amides is 1. The van der Waals surface area contributed by atoms with Gasteiger partial charge in [0.1, 0.15) is 22.7 Å². The predicted octanol–water partition coefficient (Wildman–Crippen LogP) is 2.29. The molecule has 0 aliphatic rings. The standard InChI is InChI=1S/C19H21N3O5S/c1-4-6-21-18(24)17-15(5-7-28-17)22(19(21)25)11-16(23)20-12-8-13(26-2)10-14(9-12)27-3/h5,7-10H,4,6,11H2,1-3H3,(H,20,23). The Labute approximate surface area is 164 Å². The van der Waals surface area contributed by atoms with Crippen molar-refractivity contribution in [1.29, 1.82) is 0 Å². The van der Waals surface area contributed by atoms with Crippen molar-refractivity contribution >= 4 is 33.1 Å². The molecule has 0 saturated carbocycles. The molecule has 1 N–H and O–H groups in total. The van der Waals surface area contributed by atoms with Gasteiger partial charge in [-0.05, 0) is 17.9 Å². The number of ether oxygens (including phenoxy) is 2. The SMILES string of the molecule is CCCn1c(=O)c2sccc2n(CC(=O)Nc2cc(OC)cc(OC)c2)c1=O. The summed E-state index contributed by atoms with van der Waals surface area (Å²) in [5.41, 5.74) is 0.144. The van der Waals surface area contributed by atoms with Gasteiger partial charge in [0.2, 0.25) is 5.91 Å². The Morgan fingerprint density at radius 2 is 1.79 bits per heavy atom. The number of fused-ring (bicyclic) bond motifs is 1. The van der Waals surface area contributed by atoms with E-state index in [4.69, 9.17) is 9.47 Å². The number of anilines is 1. The van der Waals surface area contributed by atoms with E-state index in [0.717, 1.165) is 0 Å². The molecular weight excluding hydrogens is 382 g/mol. The maximum Gasteiger partial charge on any atom is 0.332 e. The highest BCUT2D eigenvalue weighted by Gasteiger charge is 2.16. The van der Waals surface area contributed by atoms with Crippen LogP contribution in [0, 0.1) is 0 Å². The first kappa shape index (κ1) is 19.7. The Morgan fingerprint density at radius 3 is 2.39 bits per heavy atom. The number of benzene rings is 1. The number of hydrogen-bond donors (Lipinski definition) is 1. The van der Waals surface area contributed by atoms with Crippen LogP contribution in [-0.2, 0) is 17.9 Å². The summed E-state index contributed by atoms with van der Waals surface area (Å²) >= 11 is 1.26. The number of carbonyl (C=O) groups is 1. The van der Waals surface area contributed by atoms with E-state index in [0.29, 0.717) is 40.4 Å². The Bertz CT molecular complexity index is 1110. The van der Waals surface area contributed by atoms with E-state index in [-0.39, 0.29) is 12.1 Å². The van der Waals surface area contributed by atoms with Crippen molar-refractivity contribution in [3.63, 3.8) is 0 Å². The quantitative estimate of drug-likeness (QED) is 0.654. The number of methoxy groups -OCH3 is 2. The van der Waals surface area contributed by atoms with E-state index in [9.17, 15) is 14.4 Å². The second-order valence-corrected chi connectivity index (χ2v) is 7.03. The fraction of sp³-hybridized carbons (Fsp3) is 0.316. The number of carbonyl (C=O) groups excluding carboxylic acids is 1. The zero-order valence-corrected chi connectivity index (χ0v) is 16.7. The Morgan fingerprint density at radius 1 is 1.11 bits per heavy atom. The summed E-state index contributed by atoms with van der Waals surface area (Å²) in [6, 6.07) is 6.68. The third-order valence-electron chi connectivity index (χ3n) is 4.22. The van der Waals surface area contributed by atoms with Crippen LogP contribution in [-0.4, -0.2) is 29.3 Å². The highest BCUT2D eigenvalue weighted by atomic mass is 32.1. The molecule has 0 bridgehead atoms. The van der Waals surface area contributed by atoms with Crippen LogP contribution in [0.25, 0.3) is 10.2 Å². The van der Waals surface area contributed by atoms with Crippen LogP contribution in [0.4, 0.5) is 5.69 Å². The molecule has 1 amide bonds. The monoisotopic (exact) mass is 403 g/mol. The van der Waals surface area contributed by atoms with Crippen LogP contribution in [0.3, 0.4) is 0 Å². The first-order valence-electron chi connectivity index (χ1n) is 8.72. The average Bonchev–Trinajstić information content (AvgIpc) is 3.18. The minimum Gasteiger partial charge on any atom is -0.497 e. The summed E-state index contributed by atoms with van der Waals surface area (Å²) in [7, 11) is 3.04. The molecule has 3 aromatic rings. The largest absolute Gasteiger partial charge is 0.497 e. The van der Waals surface area contributed by atoms with Crippen LogP contribution in [0.2, 0.25) is 0 Å². The Kier molecular flexibility index (Phi) is 5.84. The maximum absolute atomic E-state index is 12.8. The van der Waals surface area contributed by atoms with Gasteiger partial charge in [0.15, 0.2) is 0 Å². The Hall–Kier alpha value is -3.07. The van der Waals surface area contributed by atoms with Gasteiger partial charge >= 0.3 is 5.69 Å². The lowest BCUT2D eigenvalue weighted by Gasteiger charge is -2.13. The molecule has 0 aliphatic heterocycles. The number of hydrogen-bond acceptors (Lipinski definition) is 6. The molecule has 0 radical (unpaired) electrons. The summed E-state index contributed by atoms with van der Waals surface area (Å²) < 4.78 is 13.4. The third kappa shape index (κ3) is 3.79. The fourth-order valence-electron chi connectivity index (χ4n) is 2.93. The van der Waals surface area contributed by atoms with Crippen molar-refractivity contribution in [2.75, 3.05) is 19.5 Å². The van der Waals surface area contributed by atoms with E-state index in [1.165, 1.54) is 34.7 Å². The average molecular weight is 403 g/mol. The molecule has 0 unspecified atom stereocenters. The first-order valence-corrected chi connectivity index (χ1v) is 9.60. The highest BCUT2D eigenvalue weighted by molar-refractivity contribution is 7.17. The second-order valence-electron chi connectivity index (χ2n) is 6.11. The number of nitrogens with zero attached hydrogens (tertiary/aromatic N) is 2. The number of nitrogens with one attached hydrogen (secondary N) is 1. The highest BCUT2D eigenvalue weighted by Crippen LogP contribution is 2.25. The number of rotatable bonds is 7. The van der Waals surface area contributed by atoms with Crippen molar-refractivity contribution in [3.05, 3.63) is 50.5 Å². The van der Waals surface area contributed by atoms with Crippen molar-refractivity contribution in [2.24, 2.45) is 0 Å². The molecule has 0 atom stereocenters. The maximum atomic E-state index is 12.8. The van der Waals surface area contributed by atoms with Crippen molar-refractivity contribution < 1.29 is 14.3 Å². The number of thiophene rings is 1. The Balaban J connectivity index is 1.95. The van der Waals surface area contributed by atoms with Gasteiger partial charge in [-0.25, -0.2) is 4.79 Å². The molecule has 1 aromatic carbocycles. The molecule has 3 rings (SSSR count). The topological polar surface area (TPSA) is 91.6 Å². The lowest BCUT2D eigenvalue weighted by atomic mass is 10.2. The molecular formula is C19H21N3O5S. The van der Waals surface area contributed by atoms with E-state index >= 15 is 0 Å². The molecule has 2 heterocycles. The minimum absolute atomic E-state index is 0.213. The molecule has 0 aliphatic carbocycles. The van der Waals surface area contributed by atoms with Crippen LogP contribution >= 0.6 is 11.3 Å².